The van der Waals surface area contributed by atoms with Crippen molar-refractivity contribution < 1.29 is 13.2 Å². The zero-order valence-electron chi connectivity index (χ0n) is 17.3. The monoisotopic (exact) mass is 527 g/mol. The van der Waals surface area contributed by atoms with Gasteiger partial charge in [0.15, 0.2) is 5.96 Å². The molecule has 1 saturated heterocycles. The molecule has 0 bridgehead atoms. The topological polar surface area (TPSA) is 42.9 Å². The number of nitrogens with one attached hydrogen (secondary N) is 2. The Hall–Kier alpha value is -1.23. The fraction of sp³-hybridized carbons (Fsp3) is 0.650. The first-order chi connectivity index (χ1) is 13.4. The SMILES string of the molecule is CCCNC(=NC)NCCCCN1CCN(c2cccc(C(F)(F)F)c2)CC1.I. The number of piperazine rings is 1. The molecule has 166 valence electrons. The Morgan fingerprint density at radius 2 is 1.76 bits per heavy atom. The summed E-state index contributed by atoms with van der Waals surface area (Å²) in [5.41, 5.74) is 0.0768. The molecule has 0 atom stereocenters. The van der Waals surface area contributed by atoms with Gasteiger partial charge in [0.05, 0.1) is 5.56 Å². The third kappa shape index (κ3) is 8.98. The molecule has 5 nitrogen and oxygen atoms in total. The van der Waals surface area contributed by atoms with Crippen molar-refractivity contribution in [1.29, 1.82) is 0 Å². The van der Waals surface area contributed by atoms with Crippen LogP contribution in [0.3, 0.4) is 0 Å². The molecule has 1 aliphatic heterocycles. The minimum Gasteiger partial charge on any atom is -0.369 e. The predicted molar refractivity (Wildman–Crippen MR) is 124 cm³/mol. The van der Waals surface area contributed by atoms with E-state index in [1.807, 2.05) is 4.90 Å². The average Bonchev–Trinajstić information content (AvgIpc) is 2.70. The summed E-state index contributed by atoms with van der Waals surface area (Å²) in [6.45, 7) is 8.20. The van der Waals surface area contributed by atoms with E-state index in [9.17, 15) is 13.2 Å². The van der Waals surface area contributed by atoms with Crippen molar-refractivity contribution in [3.63, 3.8) is 0 Å². The van der Waals surface area contributed by atoms with Crippen molar-refractivity contribution in [2.24, 2.45) is 4.99 Å². The van der Waals surface area contributed by atoms with Crippen molar-refractivity contribution in [2.75, 3.05) is 57.8 Å². The molecule has 0 saturated carbocycles. The zero-order chi connectivity index (χ0) is 20.4. The van der Waals surface area contributed by atoms with Gasteiger partial charge in [-0.2, -0.15) is 13.2 Å². The number of halogens is 4. The molecular formula is C20H33F3IN5. The third-order valence-electron chi connectivity index (χ3n) is 4.87. The van der Waals surface area contributed by atoms with E-state index >= 15 is 0 Å². The van der Waals surface area contributed by atoms with Crippen LogP contribution in [0.5, 0.6) is 0 Å². The normalized spacial score (nSPS) is 15.8. The second-order valence-corrected chi connectivity index (χ2v) is 7.01. The summed E-state index contributed by atoms with van der Waals surface area (Å²) in [4.78, 5) is 8.60. The molecular weight excluding hydrogens is 494 g/mol. The van der Waals surface area contributed by atoms with Crippen LogP contribution in [0.25, 0.3) is 0 Å². The van der Waals surface area contributed by atoms with Crippen molar-refractivity contribution in [1.82, 2.24) is 15.5 Å². The number of hydrogen-bond acceptors (Lipinski definition) is 3. The number of alkyl halides is 3. The van der Waals surface area contributed by atoms with E-state index in [1.165, 1.54) is 12.1 Å². The lowest BCUT2D eigenvalue weighted by molar-refractivity contribution is -0.137. The average molecular weight is 527 g/mol. The number of benzene rings is 1. The van der Waals surface area contributed by atoms with Crippen molar-refractivity contribution in [2.45, 2.75) is 32.4 Å². The largest absolute Gasteiger partial charge is 0.416 e. The number of anilines is 1. The summed E-state index contributed by atoms with van der Waals surface area (Å²) in [6, 6.07) is 5.62. The van der Waals surface area contributed by atoms with Gasteiger partial charge in [-0.15, -0.1) is 24.0 Å². The second kappa shape index (κ2) is 13.1. The first-order valence-corrected chi connectivity index (χ1v) is 10.0. The Kier molecular flexibility index (Phi) is 11.7. The first-order valence-electron chi connectivity index (χ1n) is 10.0. The van der Waals surface area contributed by atoms with Crippen molar-refractivity contribution >= 4 is 35.6 Å². The molecule has 0 spiro atoms. The number of hydrogen-bond donors (Lipinski definition) is 2. The van der Waals surface area contributed by atoms with E-state index in [1.54, 1.807) is 13.1 Å². The first kappa shape index (κ1) is 25.8. The molecule has 0 unspecified atom stereocenters. The summed E-state index contributed by atoms with van der Waals surface area (Å²) in [5.74, 6) is 0.844. The van der Waals surface area contributed by atoms with Gasteiger partial charge in [0.1, 0.15) is 0 Å². The predicted octanol–water partition coefficient (Wildman–Crippen LogP) is 3.80. The molecule has 0 aromatic heterocycles. The van der Waals surface area contributed by atoms with Gasteiger partial charge in [-0.25, -0.2) is 0 Å². The van der Waals surface area contributed by atoms with E-state index in [0.29, 0.717) is 5.69 Å². The highest BCUT2D eigenvalue weighted by Gasteiger charge is 2.31. The highest BCUT2D eigenvalue weighted by Crippen LogP contribution is 2.31. The van der Waals surface area contributed by atoms with Crippen LogP contribution in [-0.4, -0.2) is 63.7 Å². The van der Waals surface area contributed by atoms with Crippen LogP contribution < -0.4 is 15.5 Å². The smallest absolute Gasteiger partial charge is 0.369 e. The molecule has 2 N–H and O–H groups in total. The van der Waals surface area contributed by atoms with E-state index < -0.39 is 11.7 Å². The quantitative estimate of drug-likeness (QED) is 0.234. The molecule has 1 aromatic carbocycles. The maximum absolute atomic E-state index is 12.9. The minimum atomic E-state index is -4.29. The van der Waals surface area contributed by atoms with Gasteiger partial charge < -0.3 is 15.5 Å². The van der Waals surface area contributed by atoms with E-state index in [-0.39, 0.29) is 24.0 Å². The molecule has 0 radical (unpaired) electrons. The Bertz CT molecular complexity index is 616. The number of rotatable bonds is 8. The van der Waals surface area contributed by atoms with Gasteiger partial charge >= 0.3 is 6.18 Å². The molecule has 9 heteroatoms. The minimum absolute atomic E-state index is 0. The van der Waals surface area contributed by atoms with Gasteiger partial charge in [-0.05, 0) is 44.0 Å². The van der Waals surface area contributed by atoms with Crippen LogP contribution in [-0.2, 0) is 6.18 Å². The summed E-state index contributed by atoms with van der Waals surface area (Å²) in [7, 11) is 1.77. The number of unbranched alkanes of at least 4 members (excludes halogenated alkanes) is 1. The Morgan fingerprint density at radius 1 is 1.07 bits per heavy atom. The van der Waals surface area contributed by atoms with Crippen LogP contribution >= 0.6 is 24.0 Å². The fourth-order valence-electron chi connectivity index (χ4n) is 3.24. The summed E-state index contributed by atoms with van der Waals surface area (Å²) >= 11 is 0. The maximum atomic E-state index is 12.9. The summed E-state index contributed by atoms with van der Waals surface area (Å²) < 4.78 is 38.7. The Morgan fingerprint density at radius 3 is 2.38 bits per heavy atom. The van der Waals surface area contributed by atoms with Crippen LogP contribution in [0.15, 0.2) is 29.3 Å². The standard InChI is InChI=1S/C20H32F3N5.HI/c1-3-9-25-19(24-2)26-10-4-5-11-27-12-14-28(15-13-27)18-8-6-7-17(16-18)20(21,22)23;/h6-8,16H,3-5,9-15H2,1-2H3,(H2,24,25,26);1H. The molecule has 1 fully saturated rings. The Balaban J connectivity index is 0.00000420. The summed E-state index contributed by atoms with van der Waals surface area (Å²) in [6.07, 6.45) is -1.09. The third-order valence-corrected chi connectivity index (χ3v) is 4.87. The van der Waals surface area contributed by atoms with Gasteiger partial charge in [0, 0.05) is 52.0 Å². The van der Waals surface area contributed by atoms with E-state index in [4.69, 9.17) is 0 Å². The zero-order valence-corrected chi connectivity index (χ0v) is 19.6. The Labute approximate surface area is 189 Å². The molecule has 2 rings (SSSR count). The molecule has 29 heavy (non-hydrogen) atoms. The second-order valence-electron chi connectivity index (χ2n) is 7.01. The van der Waals surface area contributed by atoms with Gasteiger partial charge in [0.2, 0.25) is 0 Å². The highest BCUT2D eigenvalue weighted by molar-refractivity contribution is 14.0. The molecule has 1 heterocycles. The molecule has 0 amide bonds. The lowest BCUT2D eigenvalue weighted by Gasteiger charge is -2.36. The maximum Gasteiger partial charge on any atom is 0.416 e. The lowest BCUT2D eigenvalue weighted by Crippen LogP contribution is -2.46. The van der Waals surface area contributed by atoms with E-state index in [0.717, 1.165) is 77.1 Å². The van der Waals surface area contributed by atoms with Gasteiger partial charge in [-0.1, -0.05) is 13.0 Å². The fourth-order valence-corrected chi connectivity index (χ4v) is 3.24. The van der Waals surface area contributed by atoms with Gasteiger partial charge in [0.25, 0.3) is 0 Å². The summed E-state index contributed by atoms with van der Waals surface area (Å²) in [5, 5.41) is 6.55. The van der Waals surface area contributed by atoms with Gasteiger partial charge in [-0.3, -0.25) is 9.89 Å². The van der Waals surface area contributed by atoms with Crippen LogP contribution in [0, 0.1) is 0 Å². The number of nitrogens with zero attached hydrogens (tertiary/aromatic N) is 3. The van der Waals surface area contributed by atoms with Crippen molar-refractivity contribution in [3.05, 3.63) is 29.8 Å². The van der Waals surface area contributed by atoms with Crippen LogP contribution in [0.2, 0.25) is 0 Å². The van der Waals surface area contributed by atoms with Crippen LogP contribution in [0.4, 0.5) is 18.9 Å². The highest BCUT2D eigenvalue weighted by atomic mass is 127. The molecule has 0 aliphatic carbocycles. The molecule has 1 aliphatic rings. The van der Waals surface area contributed by atoms with E-state index in [2.05, 4.69) is 27.4 Å². The number of guanidine groups is 1. The lowest BCUT2D eigenvalue weighted by atomic mass is 10.1. The number of aliphatic imine (C=N–C) groups is 1. The van der Waals surface area contributed by atoms with Crippen molar-refractivity contribution in [3.8, 4) is 0 Å². The molecule has 1 aromatic rings. The van der Waals surface area contributed by atoms with Crippen LogP contribution in [0.1, 0.15) is 31.7 Å².